The molecule has 3 nitrogen and oxygen atoms in total. The van der Waals surface area contributed by atoms with Gasteiger partial charge < -0.3 is 10.8 Å². The SMILES string of the molecule is [14CH3][14CH]([14CH3])[14CH2][14C@H](N)[14C](=O)O. The van der Waals surface area contributed by atoms with Crippen LogP contribution in [-0.2, 0) is 4.79 Å². The second-order valence-electron chi connectivity index (χ2n) is 2.57. The number of aliphatic carboxylic acids is 1. The van der Waals surface area contributed by atoms with Crippen molar-refractivity contribution in [1.29, 1.82) is 0 Å². The molecule has 3 N–H and O–H groups in total. The van der Waals surface area contributed by atoms with Gasteiger partial charge in [0.2, 0.25) is 0 Å². The molecule has 0 rings (SSSR count). The van der Waals surface area contributed by atoms with E-state index in [-0.39, 0.29) is 0 Å². The first-order valence-electron chi connectivity index (χ1n) is 3.02. The smallest absolute Gasteiger partial charge is 0.320 e. The van der Waals surface area contributed by atoms with E-state index >= 15 is 0 Å². The molecule has 0 bridgehead atoms. The van der Waals surface area contributed by atoms with Crippen LogP contribution in [0.15, 0.2) is 0 Å². The van der Waals surface area contributed by atoms with Crippen LogP contribution in [0.5, 0.6) is 0 Å². The van der Waals surface area contributed by atoms with E-state index in [1.807, 2.05) is 13.8 Å². The monoisotopic (exact) mass is 143 g/mol. The highest BCUT2D eigenvalue weighted by atomic mass is 16.7. The van der Waals surface area contributed by atoms with Gasteiger partial charge in [-0.2, -0.15) is 0 Å². The maximum Gasteiger partial charge on any atom is 0.320 e. The molecule has 0 spiro atoms. The highest BCUT2D eigenvalue weighted by Crippen LogP contribution is 2.01. The van der Waals surface area contributed by atoms with Gasteiger partial charge >= 0.3 is 5.97 Å². The minimum atomic E-state index is -0.913. The van der Waals surface area contributed by atoms with E-state index in [0.29, 0.717) is 12.3 Å². The minimum Gasteiger partial charge on any atom is -0.480 e. The van der Waals surface area contributed by atoms with E-state index < -0.39 is 12.0 Å². The van der Waals surface area contributed by atoms with Crippen molar-refractivity contribution < 1.29 is 9.90 Å². The molecule has 0 aliphatic heterocycles. The fourth-order valence-electron chi connectivity index (χ4n) is 0.609. The van der Waals surface area contributed by atoms with Crippen molar-refractivity contribution in [2.45, 2.75) is 26.3 Å². The van der Waals surface area contributed by atoms with E-state index in [0.717, 1.165) is 0 Å². The summed E-state index contributed by atoms with van der Waals surface area (Å²) in [6.07, 6.45) is 0.551. The Balaban J connectivity index is 3.50. The Labute approximate surface area is 54.9 Å². The summed E-state index contributed by atoms with van der Waals surface area (Å²) in [5.41, 5.74) is 5.22. The fraction of sp³-hybridized carbons (Fsp3) is 0.833. The molecule has 0 saturated heterocycles. The zero-order chi connectivity index (χ0) is 7.44. The first-order valence-corrected chi connectivity index (χ1v) is 3.02. The van der Waals surface area contributed by atoms with Crippen molar-refractivity contribution in [2.24, 2.45) is 11.7 Å². The number of carboxylic acid groups (broad SMARTS) is 1. The lowest BCUT2D eigenvalue weighted by atomic mass is 12.0. The predicted molar refractivity (Wildman–Crippen MR) is 35.1 cm³/mol. The average Bonchev–Trinajstić information content (AvgIpc) is 1.63. The van der Waals surface area contributed by atoms with Gasteiger partial charge in [0.1, 0.15) is 6.04 Å². The molecule has 0 unspecified atom stereocenters. The Hall–Kier alpha value is -0.570. The second kappa shape index (κ2) is 3.45. The average molecular weight is 143 g/mol. The van der Waals surface area contributed by atoms with Crippen molar-refractivity contribution in [3.05, 3.63) is 0 Å². The molecule has 0 fully saturated rings. The molecule has 1 atom stereocenters. The van der Waals surface area contributed by atoms with Crippen molar-refractivity contribution in [3.8, 4) is 0 Å². The molecule has 0 amide bonds. The largest absolute Gasteiger partial charge is 0.480 e. The lowest BCUT2D eigenvalue weighted by Gasteiger charge is -2.07. The summed E-state index contributed by atoms with van der Waals surface area (Å²) in [6, 6.07) is -0.690. The third-order valence-corrected chi connectivity index (χ3v) is 1.04. The van der Waals surface area contributed by atoms with Gasteiger partial charge in [-0.05, 0) is 12.3 Å². The molecule has 0 aromatic carbocycles. The van der Waals surface area contributed by atoms with Gasteiger partial charge in [-0.15, -0.1) is 0 Å². The summed E-state index contributed by atoms with van der Waals surface area (Å²) in [5, 5.41) is 8.31. The molecule has 0 aromatic heterocycles. The van der Waals surface area contributed by atoms with Crippen molar-refractivity contribution in [1.82, 2.24) is 0 Å². The third kappa shape index (κ3) is 3.97. The molecule has 0 heterocycles. The lowest BCUT2D eigenvalue weighted by molar-refractivity contribution is -0.138. The number of carbonyl (C=O) groups is 1. The predicted octanol–water partition coefficient (Wildman–Crippen LogP) is 0.444. The van der Waals surface area contributed by atoms with Crippen LogP contribution in [0.2, 0.25) is 0 Å². The number of hydrogen-bond donors (Lipinski definition) is 2. The number of rotatable bonds is 3. The molecular formula is C6H13NO2. The van der Waals surface area contributed by atoms with Crippen LogP contribution < -0.4 is 5.73 Å². The highest BCUT2D eigenvalue weighted by molar-refractivity contribution is 5.72. The van der Waals surface area contributed by atoms with E-state index in [9.17, 15) is 4.79 Å². The van der Waals surface area contributed by atoms with Crippen molar-refractivity contribution >= 4 is 5.97 Å². The molecular weight excluding hydrogens is 130 g/mol. The maximum atomic E-state index is 10.1. The van der Waals surface area contributed by atoms with Crippen LogP contribution in [0.1, 0.15) is 20.3 Å². The molecule has 0 aromatic rings. The summed E-state index contributed by atoms with van der Waals surface area (Å²) < 4.78 is 0. The molecule has 0 aliphatic rings. The second-order valence-corrected chi connectivity index (χ2v) is 2.57. The molecule has 9 heavy (non-hydrogen) atoms. The summed E-state index contributed by atoms with van der Waals surface area (Å²) in [7, 11) is 0. The van der Waals surface area contributed by atoms with E-state index in [2.05, 4.69) is 0 Å². The van der Waals surface area contributed by atoms with Crippen LogP contribution in [0.3, 0.4) is 0 Å². The minimum absolute atomic E-state index is 0.357. The Morgan fingerprint density at radius 2 is 2.11 bits per heavy atom. The van der Waals surface area contributed by atoms with E-state index in [1.165, 1.54) is 0 Å². The normalized spacial score (nSPS) is 13.8. The number of carboxylic acids is 1. The zero-order valence-corrected chi connectivity index (χ0v) is 5.79. The van der Waals surface area contributed by atoms with Gasteiger partial charge in [0.25, 0.3) is 0 Å². The Kier molecular flexibility index (Phi) is 3.24. The molecule has 0 aliphatic carbocycles. The van der Waals surface area contributed by atoms with Crippen LogP contribution in [0, 0.1) is 5.92 Å². The van der Waals surface area contributed by atoms with Crippen LogP contribution in [0.4, 0.5) is 0 Å². The standard InChI is InChI=1S/C6H13NO2/c1-4(2)3-5(7)6(8)9/h4-5H,3,7H2,1-2H3,(H,8,9)/t5-/m0/s1/i1+2,2+2,3+2,4+2,5+2,6+2. The number of nitrogens with two attached hydrogens (primary N) is 1. The first-order chi connectivity index (χ1) is 4.04. The lowest BCUT2D eigenvalue weighted by Crippen LogP contribution is -2.31. The molecule has 3 heteroatoms. The van der Waals surface area contributed by atoms with Gasteiger partial charge in [-0.1, -0.05) is 13.8 Å². The quantitative estimate of drug-likeness (QED) is 0.602. The molecule has 54 valence electrons. The molecule has 0 radical (unpaired) electrons. The summed E-state index contributed by atoms with van der Waals surface area (Å²) in [4.78, 5) is 10.1. The van der Waals surface area contributed by atoms with Crippen LogP contribution in [0.25, 0.3) is 0 Å². The Morgan fingerprint density at radius 3 is 2.22 bits per heavy atom. The summed E-state index contributed by atoms with van der Waals surface area (Å²) in [6.45, 7) is 3.89. The van der Waals surface area contributed by atoms with Crippen molar-refractivity contribution in [3.63, 3.8) is 0 Å². The van der Waals surface area contributed by atoms with Gasteiger partial charge in [-0.3, -0.25) is 4.79 Å². The van der Waals surface area contributed by atoms with Gasteiger partial charge in [-0.25, -0.2) is 0 Å². The third-order valence-electron chi connectivity index (χ3n) is 1.04. The topological polar surface area (TPSA) is 63.3 Å². The highest BCUT2D eigenvalue weighted by Gasteiger charge is 2.11. The van der Waals surface area contributed by atoms with Gasteiger partial charge in [0.15, 0.2) is 0 Å². The zero-order valence-electron chi connectivity index (χ0n) is 5.79. The van der Waals surface area contributed by atoms with Crippen LogP contribution in [-0.4, -0.2) is 17.1 Å². The summed E-state index contributed by atoms with van der Waals surface area (Å²) in [5.74, 6) is -0.556. The fourth-order valence-corrected chi connectivity index (χ4v) is 0.609. The number of hydrogen-bond acceptors (Lipinski definition) is 2. The maximum absolute atomic E-state index is 10.1. The first kappa shape index (κ1) is 8.43. The van der Waals surface area contributed by atoms with Crippen molar-refractivity contribution in [2.75, 3.05) is 0 Å². The Bertz CT molecular complexity index is 101. The van der Waals surface area contributed by atoms with Gasteiger partial charge in [0, 0.05) is 0 Å². The summed E-state index contributed by atoms with van der Waals surface area (Å²) >= 11 is 0. The van der Waals surface area contributed by atoms with E-state index in [1.54, 1.807) is 0 Å². The van der Waals surface area contributed by atoms with Gasteiger partial charge in [0.05, 0.1) is 0 Å². The molecule has 0 saturated carbocycles. The van der Waals surface area contributed by atoms with Crippen LogP contribution >= 0.6 is 0 Å². The Morgan fingerprint density at radius 1 is 1.67 bits per heavy atom. The van der Waals surface area contributed by atoms with E-state index in [4.69, 9.17) is 10.8 Å².